The number of benzene rings is 1. The zero-order chi connectivity index (χ0) is 12.3. The number of nitrogen functional groups attached to an aromatic ring is 1. The topological polar surface area (TPSA) is 35.2 Å². The summed E-state index contributed by atoms with van der Waals surface area (Å²) in [6.45, 7) is 2.98. The molecule has 3 heteroatoms. The molecule has 0 bridgehead atoms. The molecule has 17 heavy (non-hydrogen) atoms. The fourth-order valence-corrected chi connectivity index (χ4v) is 3.06. The van der Waals surface area contributed by atoms with Crippen LogP contribution in [0.4, 0.5) is 5.69 Å². The average Bonchev–Trinajstić information content (AvgIpc) is 2.25. The monoisotopic (exact) mass is 297 g/mol. The third kappa shape index (κ3) is 4.00. The Bertz CT molecular complexity index is 360. The average molecular weight is 298 g/mol. The Labute approximate surface area is 112 Å². The number of rotatable bonds is 3. The Morgan fingerprint density at radius 3 is 2.88 bits per heavy atom. The lowest BCUT2D eigenvalue weighted by atomic mass is 9.89. The van der Waals surface area contributed by atoms with E-state index in [2.05, 4.69) is 28.9 Å². The van der Waals surface area contributed by atoms with E-state index in [0.29, 0.717) is 12.7 Å². The maximum absolute atomic E-state index is 5.97. The second kappa shape index (κ2) is 5.87. The number of halogens is 1. The quantitative estimate of drug-likeness (QED) is 0.852. The van der Waals surface area contributed by atoms with E-state index in [0.717, 1.165) is 21.6 Å². The summed E-state index contributed by atoms with van der Waals surface area (Å²) in [4.78, 5) is 0. The predicted octanol–water partition coefficient (Wildman–Crippen LogP) is 4.13. The van der Waals surface area contributed by atoms with Crippen LogP contribution in [0, 0.1) is 5.92 Å². The van der Waals surface area contributed by atoms with Crippen molar-refractivity contribution in [3.63, 3.8) is 0 Å². The fraction of sp³-hybridized carbons (Fsp3) is 0.571. The zero-order valence-electron chi connectivity index (χ0n) is 10.3. The van der Waals surface area contributed by atoms with Crippen LogP contribution in [0.25, 0.3) is 0 Å². The molecule has 0 aromatic heterocycles. The lowest BCUT2D eigenvalue weighted by molar-refractivity contribution is 0.00467. The second-order valence-corrected chi connectivity index (χ2v) is 6.01. The van der Waals surface area contributed by atoms with Crippen molar-refractivity contribution in [2.24, 2.45) is 5.92 Å². The molecule has 1 aliphatic rings. The van der Waals surface area contributed by atoms with Gasteiger partial charge in [0.1, 0.15) is 0 Å². The van der Waals surface area contributed by atoms with E-state index in [1.165, 1.54) is 25.7 Å². The van der Waals surface area contributed by atoms with E-state index >= 15 is 0 Å². The standard InChI is InChI=1S/C14H20BrNO/c1-10-3-2-4-14(5-10)17-9-11-6-12(15)8-13(16)7-11/h6-8,10,14H,2-5,9,16H2,1H3. The minimum Gasteiger partial charge on any atom is -0.399 e. The SMILES string of the molecule is CC1CCCC(OCc2cc(N)cc(Br)c2)C1. The number of anilines is 1. The molecule has 0 heterocycles. The molecule has 1 aliphatic carbocycles. The van der Waals surface area contributed by atoms with Gasteiger partial charge in [-0.25, -0.2) is 0 Å². The minimum atomic E-state index is 0.430. The Balaban J connectivity index is 1.88. The summed E-state index contributed by atoms with van der Waals surface area (Å²) in [6, 6.07) is 5.96. The maximum atomic E-state index is 5.97. The highest BCUT2D eigenvalue weighted by molar-refractivity contribution is 9.10. The maximum Gasteiger partial charge on any atom is 0.0721 e. The normalized spacial score (nSPS) is 24.8. The van der Waals surface area contributed by atoms with E-state index in [1.807, 2.05) is 12.1 Å². The summed E-state index contributed by atoms with van der Waals surface area (Å²) >= 11 is 3.45. The van der Waals surface area contributed by atoms with E-state index in [9.17, 15) is 0 Å². The lowest BCUT2D eigenvalue weighted by Gasteiger charge is -2.26. The first-order chi connectivity index (χ1) is 8.13. The van der Waals surface area contributed by atoms with Gasteiger partial charge < -0.3 is 10.5 Å². The van der Waals surface area contributed by atoms with Gasteiger partial charge in [0.05, 0.1) is 12.7 Å². The van der Waals surface area contributed by atoms with Crippen LogP contribution in [-0.4, -0.2) is 6.10 Å². The summed E-state index contributed by atoms with van der Waals surface area (Å²) in [7, 11) is 0. The van der Waals surface area contributed by atoms with Crippen molar-refractivity contribution in [3.8, 4) is 0 Å². The molecule has 0 radical (unpaired) electrons. The Kier molecular flexibility index (Phi) is 4.46. The molecule has 1 saturated carbocycles. The molecule has 1 aromatic carbocycles. The largest absolute Gasteiger partial charge is 0.399 e. The van der Waals surface area contributed by atoms with Crippen molar-refractivity contribution >= 4 is 21.6 Å². The van der Waals surface area contributed by atoms with E-state index in [-0.39, 0.29) is 0 Å². The van der Waals surface area contributed by atoms with E-state index in [4.69, 9.17) is 10.5 Å². The Morgan fingerprint density at radius 2 is 2.18 bits per heavy atom. The summed E-state index contributed by atoms with van der Waals surface area (Å²) in [6.07, 6.45) is 5.48. The molecule has 94 valence electrons. The molecule has 2 rings (SSSR count). The van der Waals surface area contributed by atoms with E-state index < -0.39 is 0 Å². The van der Waals surface area contributed by atoms with Crippen molar-refractivity contribution in [2.45, 2.75) is 45.3 Å². The molecule has 2 nitrogen and oxygen atoms in total. The smallest absolute Gasteiger partial charge is 0.0721 e. The van der Waals surface area contributed by atoms with Crippen molar-refractivity contribution in [3.05, 3.63) is 28.2 Å². The van der Waals surface area contributed by atoms with Crippen molar-refractivity contribution in [1.29, 1.82) is 0 Å². The molecule has 1 fully saturated rings. The highest BCUT2D eigenvalue weighted by Gasteiger charge is 2.19. The third-order valence-electron chi connectivity index (χ3n) is 3.35. The van der Waals surface area contributed by atoms with Crippen LogP contribution in [0.2, 0.25) is 0 Å². The summed E-state index contributed by atoms with van der Waals surface area (Å²) in [5.41, 5.74) is 7.74. The fourth-order valence-electron chi connectivity index (χ4n) is 2.50. The van der Waals surface area contributed by atoms with Crippen LogP contribution in [-0.2, 0) is 11.3 Å². The molecule has 0 saturated heterocycles. The van der Waals surface area contributed by atoms with E-state index in [1.54, 1.807) is 0 Å². The molecule has 0 aliphatic heterocycles. The number of hydrogen-bond donors (Lipinski definition) is 1. The minimum absolute atomic E-state index is 0.430. The van der Waals surface area contributed by atoms with Crippen LogP contribution in [0.15, 0.2) is 22.7 Å². The highest BCUT2D eigenvalue weighted by Crippen LogP contribution is 2.27. The van der Waals surface area contributed by atoms with Gasteiger partial charge in [-0.1, -0.05) is 35.7 Å². The van der Waals surface area contributed by atoms with Crippen LogP contribution in [0.5, 0.6) is 0 Å². The highest BCUT2D eigenvalue weighted by atomic mass is 79.9. The van der Waals surface area contributed by atoms with Crippen molar-refractivity contribution in [1.82, 2.24) is 0 Å². The Hall–Kier alpha value is -0.540. The van der Waals surface area contributed by atoms with Gasteiger partial charge in [0.25, 0.3) is 0 Å². The van der Waals surface area contributed by atoms with Crippen LogP contribution < -0.4 is 5.73 Å². The molecule has 0 spiro atoms. The van der Waals surface area contributed by atoms with Crippen LogP contribution in [0.3, 0.4) is 0 Å². The Morgan fingerprint density at radius 1 is 1.35 bits per heavy atom. The van der Waals surface area contributed by atoms with Gasteiger partial charge in [0.15, 0.2) is 0 Å². The summed E-state index contributed by atoms with van der Waals surface area (Å²) in [5, 5.41) is 0. The molecule has 1 aromatic rings. The van der Waals surface area contributed by atoms with Crippen molar-refractivity contribution < 1.29 is 4.74 Å². The first-order valence-corrected chi connectivity index (χ1v) is 7.09. The number of nitrogens with two attached hydrogens (primary N) is 1. The first-order valence-electron chi connectivity index (χ1n) is 6.30. The van der Waals surface area contributed by atoms with Crippen LogP contribution >= 0.6 is 15.9 Å². The second-order valence-electron chi connectivity index (χ2n) is 5.10. The molecule has 2 unspecified atom stereocenters. The lowest BCUT2D eigenvalue weighted by Crippen LogP contribution is -2.21. The van der Waals surface area contributed by atoms with Gasteiger partial charge in [-0.05, 0) is 42.5 Å². The van der Waals surface area contributed by atoms with Gasteiger partial charge in [0.2, 0.25) is 0 Å². The van der Waals surface area contributed by atoms with Crippen LogP contribution in [0.1, 0.15) is 38.2 Å². The van der Waals surface area contributed by atoms with Gasteiger partial charge >= 0.3 is 0 Å². The van der Waals surface area contributed by atoms with Gasteiger partial charge in [-0.3, -0.25) is 0 Å². The van der Waals surface area contributed by atoms with Crippen molar-refractivity contribution in [2.75, 3.05) is 5.73 Å². The number of ether oxygens (including phenoxy) is 1. The number of hydrogen-bond acceptors (Lipinski definition) is 2. The molecule has 2 atom stereocenters. The zero-order valence-corrected chi connectivity index (χ0v) is 11.9. The first kappa shape index (κ1) is 12.9. The summed E-state index contributed by atoms with van der Waals surface area (Å²) < 4.78 is 6.99. The van der Waals surface area contributed by atoms with Gasteiger partial charge in [0, 0.05) is 10.2 Å². The van der Waals surface area contributed by atoms with Gasteiger partial charge in [-0.15, -0.1) is 0 Å². The summed E-state index contributed by atoms with van der Waals surface area (Å²) in [5.74, 6) is 0.807. The predicted molar refractivity (Wildman–Crippen MR) is 74.8 cm³/mol. The third-order valence-corrected chi connectivity index (χ3v) is 3.81. The molecular weight excluding hydrogens is 278 g/mol. The molecular formula is C14H20BrNO. The molecule has 2 N–H and O–H groups in total. The molecule has 0 amide bonds. The van der Waals surface area contributed by atoms with Gasteiger partial charge in [-0.2, -0.15) is 0 Å².